The quantitative estimate of drug-likeness (QED) is 0.250. The van der Waals surface area contributed by atoms with E-state index in [9.17, 15) is 9.59 Å². The SMILES string of the molecule is CCCCCCC#CC#CC(=O)CCCCCCC(=O)OC. The molecule has 0 N–H and O–H groups in total. The number of rotatable bonds is 11. The van der Waals surface area contributed by atoms with Crippen molar-refractivity contribution in [3.8, 4) is 23.7 Å². The van der Waals surface area contributed by atoms with E-state index in [2.05, 4.69) is 35.3 Å². The molecule has 0 bridgehead atoms. The van der Waals surface area contributed by atoms with Gasteiger partial charge >= 0.3 is 5.97 Å². The van der Waals surface area contributed by atoms with Gasteiger partial charge in [0.1, 0.15) is 0 Å². The van der Waals surface area contributed by atoms with Crippen LogP contribution in [0.15, 0.2) is 0 Å². The predicted molar refractivity (Wildman–Crippen MR) is 89.0 cm³/mol. The van der Waals surface area contributed by atoms with E-state index in [1.54, 1.807) is 0 Å². The molecule has 0 radical (unpaired) electrons. The zero-order chi connectivity index (χ0) is 16.5. The van der Waals surface area contributed by atoms with E-state index in [4.69, 9.17) is 0 Å². The summed E-state index contributed by atoms with van der Waals surface area (Å²) >= 11 is 0. The summed E-state index contributed by atoms with van der Waals surface area (Å²) in [5.41, 5.74) is 0. The minimum atomic E-state index is -0.171. The predicted octanol–water partition coefficient (Wildman–Crippen LogP) is 4.05. The van der Waals surface area contributed by atoms with E-state index in [0.717, 1.165) is 38.5 Å². The van der Waals surface area contributed by atoms with E-state index in [0.29, 0.717) is 12.8 Å². The van der Waals surface area contributed by atoms with Crippen LogP contribution in [-0.4, -0.2) is 18.9 Å². The van der Waals surface area contributed by atoms with Crippen molar-refractivity contribution in [1.82, 2.24) is 0 Å². The highest BCUT2D eigenvalue weighted by Gasteiger charge is 2.00. The maximum absolute atomic E-state index is 11.5. The molecule has 0 fully saturated rings. The van der Waals surface area contributed by atoms with Gasteiger partial charge in [0.2, 0.25) is 5.78 Å². The minimum Gasteiger partial charge on any atom is -0.469 e. The number of hydrogen-bond donors (Lipinski definition) is 0. The summed E-state index contributed by atoms with van der Waals surface area (Å²) < 4.78 is 4.56. The summed E-state index contributed by atoms with van der Waals surface area (Å²) in [6, 6.07) is 0. The molecular weight excluding hydrogens is 276 g/mol. The number of carbonyl (C=O) groups excluding carboxylic acids is 2. The van der Waals surface area contributed by atoms with E-state index < -0.39 is 0 Å². The Morgan fingerprint density at radius 2 is 1.55 bits per heavy atom. The number of esters is 1. The van der Waals surface area contributed by atoms with E-state index in [-0.39, 0.29) is 11.8 Å². The van der Waals surface area contributed by atoms with Crippen molar-refractivity contribution in [1.29, 1.82) is 0 Å². The van der Waals surface area contributed by atoms with Crippen molar-refractivity contribution < 1.29 is 14.3 Å². The van der Waals surface area contributed by atoms with Gasteiger partial charge in [0.05, 0.1) is 7.11 Å². The zero-order valence-corrected chi connectivity index (χ0v) is 14.0. The molecule has 3 heteroatoms. The highest BCUT2D eigenvalue weighted by molar-refractivity contribution is 5.95. The second-order valence-corrected chi connectivity index (χ2v) is 5.28. The molecule has 0 aliphatic heterocycles. The first-order valence-corrected chi connectivity index (χ1v) is 8.29. The average Bonchev–Trinajstić information content (AvgIpc) is 2.52. The number of ether oxygens (including phenoxy) is 1. The molecule has 0 spiro atoms. The third kappa shape index (κ3) is 14.7. The Hall–Kier alpha value is -1.74. The van der Waals surface area contributed by atoms with Gasteiger partial charge in [-0.25, -0.2) is 0 Å². The molecule has 0 unspecified atom stereocenters. The van der Waals surface area contributed by atoms with Gasteiger partial charge in [-0.15, -0.1) is 0 Å². The molecule has 0 aromatic heterocycles. The van der Waals surface area contributed by atoms with Crippen molar-refractivity contribution in [3.63, 3.8) is 0 Å². The molecule has 3 nitrogen and oxygen atoms in total. The van der Waals surface area contributed by atoms with Gasteiger partial charge < -0.3 is 4.74 Å². The fourth-order valence-corrected chi connectivity index (χ4v) is 1.92. The Morgan fingerprint density at radius 3 is 2.23 bits per heavy atom. The first-order valence-electron chi connectivity index (χ1n) is 8.29. The number of methoxy groups -OCH3 is 1. The molecule has 122 valence electrons. The summed E-state index contributed by atoms with van der Waals surface area (Å²) in [4.78, 5) is 22.4. The summed E-state index contributed by atoms with van der Waals surface area (Å²) in [6.07, 6.45) is 10.1. The fraction of sp³-hybridized carbons (Fsp3) is 0.684. The lowest BCUT2D eigenvalue weighted by molar-refractivity contribution is -0.140. The van der Waals surface area contributed by atoms with Crippen molar-refractivity contribution in [2.45, 2.75) is 77.6 Å². The van der Waals surface area contributed by atoms with Crippen LogP contribution in [0.1, 0.15) is 77.6 Å². The molecule has 22 heavy (non-hydrogen) atoms. The van der Waals surface area contributed by atoms with E-state index in [1.807, 2.05) is 0 Å². The lowest BCUT2D eigenvalue weighted by atomic mass is 10.1. The average molecular weight is 304 g/mol. The Balaban J connectivity index is 3.56. The van der Waals surface area contributed by atoms with E-state index >= 15 is 0 Å². The standard InChI is InChI=1S/C19H28O3/c1-3-4-5-6-7-8-9-12-15-18(20)16-13-10-11-14-17-19(21)22-2/h3-7,10-11,13-14,16-17H2,1-2H3. The Kier molecular flexibility index (Phi) is 14.4. The smallest absolute Gasteiger partial charge is 0.305 e. The highest BCUT2D eigenvalue weighted by Crippen LogP contribution is 2.06. The lowest BCUT2D eigenvalue weighted by Crippen LogP contribution is -1.99. The maximum atomic E-state index is 11.5. The van der Waals surface area contributed by atoms with E-state index in [1.165, 1.54) is 26.4 Å². The monoisotopic (exact) mass is 304 g/mol. The molecule has 0 amide bonds. The van der Waals surface area contributed by atoms with Crippen LogP contribution in [0.2, 0.25) is 0 Å². The van der Waals surface area contributed by atoms with Gasteiger partial charge in [-0.2, -0.15) is 0 Å². The molecule has 0 aromatic carbocycles. The lowest BCUT2D eigenvalue weighted by Gasteiger charge is -1.99. The molecule has 0 rings (SSSR count). The van der Waals surface area contributed by atoms with Gasteiger partial charge in [0, 0.05) is 19.3 Å². The van der Waals surface area contributed by atoms with Crippen molar-refractivity contribution in [3.05, 3.63) is 0 Å². The van der Waals surface area contributed by atoms with Crippen LogP contribution in [-0.2, 0) is 14.3 Å². The summed E-state index contributed by atoms with van der Waals surface area (Å²) in [5, 5.41) is 0. The number of Topliss-reactive ketones (excluding diaryl/α,β-unsaturated/α-hetero) is 1. The first-order chi connectivity index (χ1) is 10.7. The largest absolute Gasteiger partial charge is 0.469 e. The second kappa shape index (κ2) is 15.6. The van der Waals surface area contributed by atoms with Crippen LogP contribution < -0.4 is 0 Å². The number of unbranched alkanes of at least 4 members (excludes halogenated alkanes) is 7. The zero-order valence-electron chi connectivity index (χ0n) is 14.0. The summed E-state index contributed by atoms with van der Waals surface area (Å²) in [6.45, 7) is 2.18. The van der Waals surface area contributed by atoms with Gasteiger partial charge in [0.15, 0.2) is 0 Å². The number of hydrogen-bond acceptors (Lipinski definition) is 3. The molecule has 0 atom stereocenters. The maximum Gasteiger partial charge on any atom is 0.305 e. The fourth-order valence-electron chi connectivity index (χ4n) is 1.92. The van der Waals surface area contributed by atoms with Crippen LogP contribution in [0, 0.1) is 23.7 Å². The highest BCUT2D eigenvalue weighted by atomic mass is 16.5. The second-order valence-electron chi connectivity index (χ2n) is 5.28. The molecule has 0 aliphatic rings. The van der Waals surface area contributed by atoms with Crippen LogP contribution in [0.4, 0.5) is 0 Å². The van der Waals surface area contributed by atoms with Crippen LogP contribution in [0.25, 0.3) is 0 Å². The first kappa shape index (κ1) is 20.3. The van der Waals surface area contributed by atoms with Crippen molar-refractivity contribution in [2.24, 2.45) is 0 Å². The molecule has 0 saturated carbocycles. The van der Waals surface area contributed by atoms with Gasteiger partial charge in [-0.3, -0.25) is 9.59 Å². The summed E-state index contributed by atoms with van der Waals surface area (Å²) in [5.74, 6) is 10.7. The van der Waals surface area contributed by atoms with Gasteiger partial charge in [0.25, 0.3) is 0 Å². The van der Waals surface area contributed by atoms with Gasteiger partial charge in [-0.05, 0) is 37.0 Å². The third-order valence-corrected chi connectivity index (χ3v) is 3.27. The normalized spacial score (nSPS) is 9.18. The molecule has 0 heterocycles. The molecule has 0 saturated heterocycles. The Morgan fingerprint density at radius 1 is 0.864 bits per heavy atom. The minimum absolute atomic E-state index is 0.0479. The van der Waals surface area contributed by atoms with Crippen molar-refractivity contribution >= 4 is 11.8 Å². The number of carbonyl (C=O) groups is 2. The summed E-state index contributed by atoms with van der Waals surface area (Å²) in [7, 11) is 1.40. The van der Waals surface area contributed by atoms with Crippen LogP contribution in [0.3, 0.4) is 0 Å². The van der Waals surface area contributed by atoms with Gasteiger partial charge in [-0.1, -0.05) is 44.9 Å². The van der Waals surface area contributed by atoms with Crippen LogP contribution in [0.5, 0.6) is 0 Å². The molecule has 0 aliphatic carbocycles. The molecule has 0 aromatic rings. The molecular formula is C19H28O3. The number of ketones is 1. The Labute approximate surface area is 135 Å². The van der Waals surface area contributed by atoms with Crippen molar-refractivity contribution in [2.75, 3.05) is 7.11 Å². The third-order valence-electron chi connectivity index (χ3n) is 3.27. The topological polar surface area (TPSA) is 43.4 Å². The Bertz CT molecular complexity index is 429. The van der Waals surface area contributed by atoms with Crippen LogP contribution >= 0.6 is 0 Å².